The summed E-state index contributed by atoms with van der Waals surface area (Å²) in [6.45, 7) is 0. The van der Waals surface area contributed by atoms with Crippen LogP contribution in [0.5, 0.6) is 0 Å². The summed E-state index contributed by atoms with van der Waals surface area (Å²) in [5, 5.41) is -2.98. The summed E-state index contributed by atoms with van der Waals surface area (Å²) >= 11 is 11.9. The molecule has 180 valence electrons. The molecule has 4 aromatic carbocycles. The molecule has 35 heavy (non-hydrogen) atoms. The zero-order chi connectivity index (χ0) is 25.3. The molecule has 4 aromatic rings. The van der Waals surface area contributed by atoms with Crippen molar-refractivity contribution in [3.05, 3.63) is 140 Å². The SMILES string of the molecule is O=S(=O)(C(c1ccc(Cl)cc1)c1cc(F)ccc1F)C(c1ccc(Cl)cc1)c1cc(F)ccc1F. The van der Waals surface area contributed by atoms with Crippen molar-refractivity contribution in [3.63, 3.8) is 0 Å². The van der Waals surface area contributed by atoms with Crippen molar-refractivity contribution >= 4 is 33.0 Å². The van der Waals surface area contributed by atoms with Crippen molar-refractivity contribution in [1.82, 2.24) is 0 Å². The van der Waals surface area contributed by atoms with Crippen LogP contribution in [0.15, 0.2) is 84.9 Å². The molecule has 0 bridgehead atoms. The van der Waals surface area contributed by atoms with Crippen LogP contribution in [0.4, 0.5) is 17.6 Å². The highest BCUT2D eigenvalue weighted by Gasteiger charge is 2.41. The molecule has 0 spiro atoms. The van der Waals surface area contributed by atoms with Crippen LogP contribution in [-0.4, -0.2) is 8.42 Å². The average Bonchev–Trinajstić information content (AvgIpc) is 2.81. The molecule has 9 heteroatoms. The van der Waals surface area contributed by atoms with Crippen LogP contribution in [0.2, 0.25) is 10.0 Å². The average molecular weight is 539 g/mol. The van der Waals surface area contributed by atoms with Gasteiger partial charge in [0.05, 0.1) is 0 Å². The minimum Gasteiger partial charge on any atom is -0.227 e. The first kappa shape index (κ1) is 25.2. The molecule has 0 aliphatic heterocycles. The van der Waals surface area contributed by atoms with E-state index in [0.717, 1.165) is 36.4 Å². The van der Waals surface area contributed by atoms with Crippen LogP contribution in [0.3, 0.4) is 0 Å². The van der Waals surface area contributed by atoms with Crippen LogP contribution in [-0.2, 0) is 9.84 Å². The van der Waals surface area contributed by atoms with Crippen LogP contribution >= 0.6 is 23.2 Å². The maximum atomic E-state index is 15.0. The van der Waals surface area contributed by atoms with E-state index in [-0.39, 0.29) is 21.2 Å². The molecular weight excluding hydrogens is 523 g/mol. The summed E-state index contributed by atoms with van der Waals surface area (Å²) < 4.78 is 86.9. The van der Waals surface area contributed by atoms with Gasteiger partial charge < -0.3 is 0 Å². The Balaban J connectivity index is 2.04. The second-order valence-electron chi connectivity index (χ2n) is 7.78. The molecule has 2 nitrogen and oxygen atoms in total. The Morgan fingerprint density at radius 2 is 0.886 bits per heavy atom. The lowest BCUT2D eigenvalue weighted by molar-refractivity contribution is 0.557. The second-order valence-corrected chi connectivity index (χ2v) is 10.8. The Morgan fingerprint density at radius 1 is 0.543 bits per heavy atom. The summed E-state index contributed by atoms with van der Waals surface area (Å²) in [6.07, 6.45) is 0. The minimum absolute atomic E-state index is 0.0645. The second kappa shape index (κ2) is 10.0. The quantitative estimate of drug-likeness (QED) is 0.234. The van der Waals surface area contributed by atoms with E-state index in [1.807, 2.05) is 0 Å². The molecule has 0 aromatic heterocycles. The highest BCUT2D eigenvalue weighted by atomic mass is 35.5. The molecule has 0 aliphatic carbocycles. The van der Waals surface area contributed by atoms with Crippen molar-refractivity contribution < 1.29 is 26.0 Å². The summed E-state index contributed by atoms with van der Waals surface area (Å²) in [5.74, 6) is -3.69. The number of benzene rings is 4. The number of halogens is 6. The van der Waals surface area contributed by atoms with Crippen LogP contribution < -0.4 is 0 Å². The number of hydrogen-bond acceptors (Lipinski definition) is 2. The molecule has 0 radical (unpaired) electrons. The third-order valence-corrected chi connectivity index (χ3v) is 8.35. The summed E-state index contributed by atoms with van der Waals surface area (Å²) in [4.78, 5) is 0. The predicted molar refractivity (Wildman–Crippen MR) is 128 cm³/mol. The first-order valence-corrected chi connectivity index (χ1v) is 12.6. The van der Waals surface area contributed by atoms with Crippen molar-refractivity contribution in [2.45, 2.75) is 10.5 Å². The number of sulfone groups is 1. The molecule has 0 amide bonds. The fraction of sp³-hybridized carbons (Fsp3) is 0.0769. The predicted octanol–water partition coefficient (Wildman–Crippen LogP) is 7.84. The van der Waals surface area contributed by atoms with Gasteiger partial charge in [-0.2, -0.15) is 0 Å². The third kappa shape index (κ3) is 5.22. The van der Waals surface area contributed by atoms with Gasteiger partial charge in [-0.05, 0) is 71.8 Å². The van der Waals surface area contributed by atoms with Gasteiger partial charge in [-0.25, -0.2) is 26.0 Å². The molecule has 0 aliphatic rings. The summed E-state index contributed by atoms with van der Waals surface area (Å²) in [6, 6.07) is 15.9. The smallest absolute Gasteiger partial charge is 0.172 e. The Morgan fingerprint density at radius 3 is 1.23 bits per heavy atom. The topological polar surface area (TPSA) is 34.1 Å². The Labute approximate surface area is 209 Å². The van der Waals surface area contributed by atoms with E-state index in [1.54, 1.807) is 0 Å². The van der Waals surface area contributed by atoms with E-state index in [1.165, 1.54) is 48.5 Å². The monoisotopic (exact) mass is 538 g/mol. The highest BCUT2D eigenvalue weighted by molar-refractivity contribution is 7.92. The molecule has 0 saturated heterocycles. The molecule has 0 saturated carbocycles. The molecular formula is C26H16Cl2F4O2S. The van der Waals surface area contributed by atoms with Gasteiger partial charge in [0.25, 0.3) is 0 Å². The fourth-order valence-corrected chi connectivity index (χ4v) is 6.60. The van der Waals surface area contributed by atoms with Crippen LogP contribution in [0.1, 0.15) is 32.8 Å². The molecule has 0 N–H and O–H groups in total. The Kier molecular flexibility index (Phi) is 7.22. The van der Waals surface area contributed by atoms with Crippen LogP contribution in [0.25, 0.3) is 0 Å². The van der Waals surface area contributed by atoms with Gasteiger partial charge in [0.2, 0.25) is 0 Å². The van der Waals surface area contributed by atoms with Gasteiger partial charge >= 0.3 is 0 Å². The number of rotatable bonds is 6. The van der Waals surface area contributed by atoms with Crippen molar-refractivity contribution in [2.75, 3.05) is 0 Å². The minimum atomic E-state index is -4.68. The molecule has 4 rings (SSSR count). The van der Waals surface area contributed by atoms with Gasteiger partial charge in [0, 0.05) is 21.2 Å². The van der Waals surface area contributed by atoms with Gasteiger partial charge in [0.15, 0.2) is 9.84 Å². The summed E-state index contributed by atoms with van der Waals surface area (Å²) in [5.41, 5.74) is -0.837. The molecule has 0 heterocycles. The molecule has 2 unspecified atom stereocenters. The van der Waals surface area contributed by atoms with E-state index < -0.39 is 54.7 Å². The maximum absolute atomic E-state index is 15.0. The lowest BCUT2D eigenvalue weighted by Crippen LogP contribution is -2.25. The molecule has 2 atom stereocenters. The maximum Gasteiger partial charge on any atom is 0.172 e. The van der Waals surface area contributed by atoms with E-state index in [4.69, 9.17) is 23.2 Å². The van der Waals surface area contributed by atoms with E-state index >= 15 is 0 Å². The standard InChI is InChI=1S/C26H16Cl2F4O2S/c27-17-5-1-15(2-6-17)25(21-13-19(29)9-11-23(21)31)35(33,34)26(16-3-7-18(28)8-4-16)22-14-20(30)10-12-24(22)32/h1-14,25-26H. The third-order valence-electron chi connectivity index (χ3n) is 5.48. The largest absolute Gasteiger partial charge is 0.227 e. The summed E-state index contributed by atoms with van der Waals surface area (Å²) in [7, 11) is -4.68. The lowest BCUT2D eigenvalue weighted by atomic mass is 10.0. The fourth-order valence-electron chi connectivity index (χ4n) is 3.93. The van der Waals surface area contributed by atoms with Crippen molar-refractivity contribution in [1.29, 1.82) is 0 Å². The normalized spacial score (nSPS) is 13.4. The number of hydrogen-bond donors (Lipinski definition) is 0. The lowest BCUT2D eigenvalue weighted by Gasteiger charge is -2.27. The Hall–Kier alpha value is -2.87. The van der Waals surface area contributed by atoms with Gasteiger partial charge in [-0.3, -0.25) is 0 Å². The first-order chi connectivity index (χ1) is 16.6. The van der Waals surface area contributed by atoms with Crippen LogP contribution in [0, 0.1) is 23.3 Å². The highest BCUT2D eigenvalue weighted by Crippen LogP contribution is 2.44. The first-order valence-electron chi connectivity index (χ1n) is 10.2. The zero-order valence-corrected chi connectivity index (χ0v) is 20.1. The molecule has 0 fully saturated rings. The zero-order valence-electron chi connectivity index (χ0n) is 17.7. The van der Waals surface area contributed by atoms with E-state index in [9.17, 15) is 26.0 Å². The van der Waals surface area contributed by atoms with E-state index in [0.29, 0.717) is 0 Å². The van der Waals surface area contributed by atoms with Gasteiger partial charge in [-0.15, -0.1) is 0 Å². The Bertz CT molecular complexity index is 1370. The van der Waals surface area contributed by atoms with Gasteiger partial charge in [-0.1, -0.05) is 47.5 Å². The van der Waals surface area contributed by atoms with Gasteiger partial charge in [0.1, 0.15) is 33.8 Å². The van der Waals surface area contributed by atoms with Crippen molar-refractivity contribution in [3.8, 4) is 0 Å². The van der Waals surface area contributed by atoms with Crippen molar-refractivity contribution in [2.24, 2.45) is 0 Å². The van der Waals surface area contributed by atoms with E-state index in [2.05, 4.69) is 0 Å².